The Morgan fingerprint density at radius 2 is 2.10 bits per heavy atom. The second-order valence-electron chi connectivity index (χ2n) is 4.45. The molecule has 0 saturated carbocycles. The quantitative estimate of drug-likeness (QED) is 0.911. The third-order valence-electron chi connectivity index (χ3n) is 2.32. The molecule has 2 heterocycles. The van der Waals surface area contributed by atoms with Crippen LogP contribution >= 0.6 is 11.6 Å². The van der Waals surface area contributed by atoms with E-state index in [-0.39, 0.29) is 12.1 Å². The summed E-state index contributed by atoms with van der Waals surface area (Å²) in [6, 6.07) is 0.255. The molecule has 0 radical (unpaired) electrons. The highest BCUT2D eigenvalue weighted by Crippen LogP contribution is 2.17. The molecule has 0 bridgehead atoms. The normalized spacial score (nSPS) is 10.9. The number of anilines is 1. The van der Waals surface area contributed by atoms with E-state index in [9.17, 15) is 0 Å². The van der Waals surface area contributed by atoms with Gasteiger partial charge in [-0.15, -0.1) is 0 Å². The van der Waals surface area contributed by atoms with Crippen LogP contribution in [0.5, 0.6) is 6.01 Å². The van der Waals surface area contributed by atoms with E-state index >= 15 is 0 Å². The highest BCUT2D eigenvalue weighted by atomic mass is 35.5. The maximum Gasteiger partial charge on any atom is 0.323 e. The van der Waals surface area contributed by atoms with E-state index in [0.717, 1.165) is 0 Å². The van der Waals surface area contributed by atoms with Gasteiger partial charge in [-0.05, 0) is 27.7 Å². The van der Waals surface area contributed by atoms with Crippen molar-refractivity contribution in [3.63, 3.8) is 0 Å². The van der Waals surface area contributed by atoms with Crippen molar-refractivity contribution in [1.29, 1.82) is 0 Å². The minimum atomic E-state index is -0.0253. The van der Waals surface area contributed by atoms with Crippen molar-refractivity contribution >= 4 is 17.5 Å². The van der Waals surface area contributed by atoms with Gasteiger partial charge in [0, 0.05) is 6.54 Å². The smallest absolute Gasteiger partial charge is 0.323 e. The lowest BCUT2D eigenvalue weighted by Gasteiger charge is -2.10. The molecule has 2 aromatic heterocycles. The summed E-state index contributed by atoms with van der Waals surface area (Å²) in [6.45, 7) is 8.29. The molecule has 7 nitrogen and oxygen atoms in total. The van der Waals surface area contributed by atoms with Crippen LogP contribution in [0.25, 0.3) is 5.95 Å². The number of ether oxygens (including phenoxy) is 1. The highest BCUT2D eigenvalue weighted by Gasteiger charge is 2.12. The van der Waals surface area contributed by atoms with Crippen LogP contribution in [0.15, 0.2) is 6.20 Å². The Balaban J connectivity index is 2.42. The van der Waals surface area contributed by atoms with Gasteiger partial charge in [0.05, 0.1) is 23.0 Å². The van der Waals surface area contributed by atoms with Crippen LogP contribution in [-0.4, -0.2) is 37.4 Å². The largest absolute Gasteiger partial charge is 0.461 e. The molecule has 0 aliphatic heterocycles. The van der Waals surface area contributed by atoms with Crippen LogP contribution in [0.3, 0.4) is 0 Å². The fraction of sp³-hybridized carbons (Fsp3) is 0.500. The molecule has 0 unspecified atom stereocenters. The second-order valence-corrected chi connectivity index (χ2v) is 4.85. The first-order valence-corrected chi connectivity index (χ1v) is 6.76. The summed E-state index contributed by atoms with van der Waals surface area (Å²) in [5, 5.41) is 7.84. The number of rotatable bonds is 5. The van der Waals surface area contributed by atoms with Crippen molar-refractivity contribution in [3.05, 3.63) is 16.9 Å². The van der Waals surface area contributed by atoms with Gasteiger partial charge in [-0.2, -0.15) is 20.1 Å². The Bertz CT molecular complexity index is 578. The maximum absolute atomic E-state index is 6.00. The zero-order valence-corrected chi connectivity index (χ0v) is 12.6. The van der Waals surface area contributed by atoms with E-state index in [4.69, 9.17) is 16.3 Å². The number of hydrogen-bond donors (Lipinski definition) is 1. The van der Waals surface area contributed by atoms with E-state index < -0.39 is 0 Å². The summed E-state index contributed by atoms with van der Waals surface area (Å²) < 4.78 is 7.03. The molecule has 0 aliphatic rings. The number of hydrogen-bond acceptors (Lipinski definition) is 6. The van der Waals surface area contributed by atoms with E-state index in [2.05, 4.69) is 25.4 Å². The van der Waals surface area contributed by atoms with Gasteiger partial charge < -0.3 is 10.1 Å². The number of aryl methyl sites for hydroxylation is 1. The third kappa shape index (κ3) is 3.36. The van der Waals surface area contributed by atoms with Gasteiger partial charge in [-0.1, -0.05) is 11.6 Å². The molecular weight excluding hydrogens is 280 g/mol. The second kappa shape index (κ2) is 6.04. The predicted octanol–water partition coefficient (Wildman–Crippen LogP) is 2.24. The third-order valence-corrected chi connectivity index (χ3v) is 2.69. The van der Waals surface area contributed by atoms with Crippen LogP contribution < -0.4 is 10.1 Å². The molecule has 2 aromatic rings. The number of nitrogens with zero attached hydrogens (tertiary/aromatic N) is 5. The summed E-state index contributed by atoms with van der Waals surface area (Å²) in [4.78, 5) is 12.7. The van der Waals surface area contributed by atoms with Crippen molar-refractivity contribution < 1.29 is 4.74 Å². The molecule has 20 heavy (non-hydrogen) atoms. The van der Waals surface area contributed by atoms with Crippen molar-refractivity contribution in [2.24, 2.45) is 0 Å². The minimum Gasteiger partial charge on any atom is -0.461 e. The van der Waals surface area contributed by atoms with Crippen LogP contribution in [0.1, 0.15) is 26.5 Å². The lowest BCUT2D eigenvalue weighted by molar-refractivity contribution is 0.221. The van der Waals surface area contributed by atoms with Gasteiger partial charge >= 0.3 is 6.01 Å². The molecule has 0 aliphatic carbocycles. The first-order valence-electron chi connectivity index (χ1n) is 6.38. The Kier molecular flexibility index (Phi) is 4.39. The van der Waals surface area contributed by atoms with Gasteiger partial charge in [0.15, 0.2) is 0 Å². The molecule has 0 saturated heterocycles. The van der Waals surface area contributed by atoms with Crippen LogP contribution in [-0.2, 0) is 0 Å². The Hall–Kier alpha value is -1.89. The zero-order valence-electron chi connectivity index (χ0n) is 11.9. The first kappa shape index (κ1) is 14.5. The average Bonchev–Trinajstić information content (AvgIpc) is 2.69. The fourth-order valence-corrected chi connectivity index (χ4v) is 1.62. The van der Waals surface area contributed by atoms with Crippen molar-refractivity contribution in [2.75, 3.05) is 11.9 Å². The highest BCUT2D eigenvalue weighted by molar-refractivity contribution is 6.31. The van der Waals surface area contributed by atoms with Crippen LogP contribution in [0.4, 0.5) is 5.95 Å². The minimum absolute atomic E-state index is 0.0253. The molecule has 2 rings (SSSR count). The van der Waals surface area contributed by atoms with Crippen molar-refractivity contribution in [2.45, 2.75) is 33.8 Å². The van der Waals surface area contributed by atoms with Crippen LogP contribution in [0.2, 0.25) is 5.02 Å². The SMILES string of the molecule is CCNc1nc(OC(C)C)nc(-n2cc(Cl)c(C)n2)n1. The Morgan fingerprint density at radius 3 is 2.65 bits per heavy atom. The van der Waals surface area contributed by atoms with E-state index in [1.54, 1.807) is 6.20 Å². The van der Waals surface area contributed by atoms with Crippen molar-refractivity contribution in [3.8, 4) is 12.0 Å². The van der Waals surface area contributed by atoms with Gasteiger partial charge in [-0.25, -0.2) is 4.68 Å². The fourth-order valence-electron chi connectivity index (χ4n) is 1.49. The first-order chi connectivity index (χ1) is 9.49. The molecular formula is C12H17ClN6O. The lowest BCUT2D eigenvalue weighted by Crippen LogP contribution is -2.14. The summed E-state index contributed by atoms with van der Waals surface area (Å²) in [5.74, 6) is 0.805. The maximum atomic E-state index is 6.00. The van der Waals surface area contributed by atoms with E-state index in [0.29, 0.717) is 29.2 Å². The standard InChI is InChI=1S/C12H17ClN6O/c1-5-14-10-15-11(17-12(16-10)20-7(2)3)19-6-9(13)8(4)18-19/h6-7H,5H2,1-4H3,(H,14,15,16,17). The molecule has 108 valence electrons. The van der Waals surface area contributed by atoms with E-state index in [1.165, 1.54) is 4.68 Å². The average molecular weight is 297 g/mol. The lowest BCUT2D eigenvalue weighted by atomic mass is 10.5. The number of halogens is 1. The molecule has 0 atom stereocenters. The number of nitrogens with one attached hydrogen (secondary N) is 1. The summed E-state index contributed by atoms with van der Waals surface area (Å²) in [7, 11) is 0. The van der Waals surface area contributed by atoms with Gasteiger partial charge in [0.1, 0.15) is 0 Å². The molecule has 0 aromatic carbocycles. The zero-order chi connectivity index (χ0) is 14.7. The molecule has 0 amide bonds. The predicted molar refractivity (Wildman–Crippen MR) is 76.6 cm³/mol. The molecule has 8 heteroatoms. The van der Waals surface area contributed by atoms with Gasteiger partial charge in [0.2, 0.25) is 5.95 Å². The van der Waals surface area contributed by atoms with Crippen molar-refractivity contribution in [1.82, 2.24) is 24.7 Å². The molecule has 0 spiro atoms. The Morgan fingerprint density at radius 1 is 1.35 bits per heavy atom. The summed E-state index contributed by atoms with van der Waals surface area (Å²) in [5.41, 5.74) is 0.711. The van der Waals surface area contributed by atoms with E-state index in [1.807, 2.05) is 27.7 Å². The Labute approximate surface area is 122 Å². The molecule has 0 fully saturated rings. The monoisotopic (exact) mass is 296 g/mol. The number of aromatic nitrogens is 5. The summed E-state index contributed by atoms with van der Waals surface area (Å²) >= 11 is 6.00. The van der Waals surface area contributed by atoms with Crippen LogP contribution in [0, 0.1) is 6.92 Å². The molecule has 1 N–H and O–H groups in total. The summed E-state index contributed by atoms with van der Waals surface area (Å²) in [6.07, 6.45) is 1.63. The van der Waals surface area contributed by atoms with Gasteiger partial charge in [0.25, 0.3) is 5.95 Å². The topological polar surface area (TPSA) is 77.8 Å². The van der Waals surface area contributed by atoms with Gasteiger partial charge in [-0.3, -0.25) is 0 Å².